The second-order valence-electron chi connectivity index (χ2n) is 6.08. The van der Waals surface area contributed by atoms with Gasteiger partial charge in [-0.2, -0.15) is 0 Å². The SMILES string of the molecule is CCCNC(C)CCN1CCC2CCCCC21. The zero-order valence-electron chi connectivity index (χ0n) is 11.8. The molecular weight excluding hydrogens is 208 g/mol. The van der Waals surface area contributed by atoms with Gasteiger partial charge in [0.15, 0.2) is 0 Å². The first kappa shape index (κ1) is 13.4. The van der Waals surface area contributed by atoms with Crippen LogP contribution in [0.4, 0.5) is 0 Å². The van der Waals surface area contributed by atoms with Crippen LogP contribution in [0.25, 0.3) is 0 Å². The zero-order chi connectivity index (χ0) is 12.1. The van der Waals surface area contributed by atoms with Gasteiger partial charge in [-0.25, -0.2) is 0 Å². The fourth-order valence-corrected chi connectivity index (χ4v) is 3.63. The van der Waals surface area contributed by atoms with Gasteiger partial charge in [-0.3, -0.25) is 0 Å². The van der Waals surface area contributed by atoms with E-state index in [1.165, 1.54) is 64.6 Å². The van der Waals surface area contributed by atoms with Crippen LogP contribution in [0.3, 0.4) is 0 Å². The summed E-state index contributed by atoms with van der Waals surface area (Å²) in [6.45, 7) is 8.44. The number of fused-ring (bicyclic) bond motifs is 1. The van der Waals surface area contributed by atoms with Crippen molar-refractivity contribution in [2.75, 3.05) is 19.6 Å². The lowest BCUT2D eigenvalue weighted by Gasteiger charge is -2.32. The van der Waals surface area contributed by atoms with Gasteiger partial charge in [-0.15, -0.1) is 0 Å². The minimum absolute atomic E-state index is 0.692. The maximum absolute atomic E-state index is 3.60. The van der Waals surface area contributed by atoms with E-state index in [0.29, 0.717) is 6.04 Å². The highest BCUT2D eigenvalue weighted by Gasteiger charge is 2.35. The smallest absolute Gasteiger partial charge is 0.0124 e. The number of likely N-dealkylation sites (tertiary alicyclic amines) is 1. The van der Waals surface area contributed by atoms with Gasteiger partial charge in [0.1, 0.15) is 0 Å². The first-order valence-corrected chi connectivity index (χ1v) is 7.78. The molecule has 2 aliphatic rings. The second kappa shape index (κ2) is 6.75. The summed E-state index contributed by atoms with van der Waals surface area (Å²) >= 11 is 0. The zero-order valence-corrected chi connectivity index (χ0v) is 11.8. The Morgan fingerprint density at radius 2 is 2.06 bits per heavy atom. The molecule has 1 aliphatic heterocycles. The second-order valence-corrected chi connectivity index (χ2v) is 6.08. The van der Waals surface area contributed by atoms with Crippen molar-refractivity contribution in [1.82, 2.24) is 10.2 Å². The third kappa shape index (κ3) is 3.69. The Bertz CT molecular complexity index is 217. The van der Waals surface area contributed by atoms with Gasteiger partial charge in [0.2, 0.25) is 0 Å². The molecule has 1 aliphatic carbocycles. The van der Waals surface area contributed by atoms with E-state index in [-0.39, 0.29) is 0 Å². The molecule has 1 heterocycles. The van der Waals surface area contributed by atoms with Crippen LogP contribution in [0.5, 0.6) is 0 Å². The lowest BCUT2D eigenvalue weighted by Crippen LogP contribution is -2.38. The fourth-order valence-electron chi connectivity index (χ4n) is 3.63. The van der Waals surface area contributed by atoms with E-state index in [2.05, 4.69) is 24.1 Å². The Morgan fingerprint density at radius 1 is 1.24 bits per heavy atom. The molecule has 2 rings (SSSR count). The number of nitrogens with zero attached hydrogens (tertiary/aromatic N) is 1. The normalized spacial score (nSPS) is 31.4. The molecule has 0 aromatic heterocycles. The monoisotopic (exact) mass is 238 g/mol. The van der Waals surface area contributed by atoms with E-state index in [4.69, 9.17) is 0 Å². The predicted octanol–water partition coefficient (Wildman–Crippen LogP) is 3.03. The van der Waals surface area contributed by atoms with Gasteiger partial charge < -0.3 is 10.2 Å². The Morgan fingerprint density at radius 3 is 2.88 bits per heavy atom. The topological polar surface area (TPSA) is 15.3 Å². The summed E-state index contributed by atoms with van der Waals surface area (Å²) in [5.74, 6) is 1.04. The maximum Gasteiger partial charge on any atom is 0.0124 e. The standard InChI is InChI=1S/C15H30N2/c1-3-10-16-13(2)8-11-17-12-9-14-6-4-5-7-15(14)17/h13-16H,3-12H2,1-2H3. The van der Waals surface area contributed by atoms with Crippen LogP contribution in [-0.2, 0) is 0 Å². The van der Waals surface area contributed by atoms with Crippen molar-refractivity contribution in [3.63, 3.8) is 0 Å². The molecule has 2 fully saturated rings. The summed E-state index contributed by atoms with van der Waals surface area (Å²) in [4.78, 5) is 2.79. The molecule has 0 aromatic rings. The van der Waals surface area contributed by atoms with Crippen LogP contribution in [0.1, 0.15) is 58.8 Å². The fraction of sp³-hybridized carbons (Fsp3) is 1.00. The third-order valence-electron chi connectivity index (χ3n) is 4.72. The van der Waals surface area contributed by atoms with Crippen molar-refractivity contribution in [3.05, 3.63) is 0 Å². The van der Waals surface area contributed by atoms with Crippen LogP contribution >= 0.6 is 0 Å². The predicted molar refractivity (Wildman–Crippen MR) is 74.3 cm³/mol. The number of hydrogen-bond acceptors (Lipinski definition) is 2. The van der Waals surface area contributed by atoms with Crippen molar-refractivity contribution < 1.29 is 0 Å². The van der Waals surface area contributed by atoms with Crippen molar-refractivity contribution in [1.29, 1.82) is 0 Å². The Balaban J connectivity index is 1.68. The van der Waals surface area contributed by atoms with Gasteiger partial charge >= 0.3 is 0 Å². The van der Waals surface area contributed by atoms with Crippen molar-refractivity contribution in [3.8, 4) is 0 Å². The molecule has 0 bridgehead atoms. The molecular formula is C15H30N2. The van der Waals surface area contributed by atoms with Gasteiger partial charge in [0, 0.05) is 12.1 Å². The van der Waals surface area contributed by atoms with Crippen LogP contribution in [0, 0.1) is 5.92 Å². The van der Waals surface area contributed by atoms with E-state index < -0.39 is 0 Å². The molecule has 1 N–H and O–H groups in total. The van der Waals surface area contributed by atoms with E-state index in [1.54, 1.807) is 0 Å². The molecule has 100 valence electrons. The molecule has 2 nitrogen and oxygen atoms in total. The molecule has 0 radical (unpaired) electrons. The summed E-state index contributed by atoms with van der Waals surface area (Å²) in [6, 6.07) is 1.64. The van der Waals surface area contributed by atoms with E-state index >= 15 is 0 Å². The molecule has 2 heteroatoms. The van der Waals surface area contributed by atoms with Crippen LogP contribution in [0.2, 0.25) is 0 Å². The summed E-state index contributed by atoms with van der Waals surface area (Å²) in [5.41, 5.74) is 0. The number of rotatable bonds is 6. The first-order chi connectivity index (χ1) is 8.31. The summed E-state index contributed by atoms with van der Waals surface area (Å²) in [6.07, 6.45) is 9.99. The average molecular weight is 238 g/mol. The largest absolute Gasteiger partial charge is 0.314 e. The average Bonchev–Trinajstić information content (AvgIpc) is 2.77. The quantitative estimate of drug-likeness (QED) is 0.765. The first-order valence-electron chi connectivity index (χ1n) is 7.78. The number of hydrogen-bond donors (Lipinski definition) is 1. The molecule has 0 amide bonds. The van der Waals surface area contributed by atoms with Crippen LogP contribution < -0.4 is 5.32 Å². The van der Waals surface area contributed by atoms with E-state index in [1.807, 2.05) is 0 Å². The lowest BCUT2D eigenvalue weighted by atomic mass is 9.85. The summed E-state index contributed by atoms with van der Waals surface area (Å²) < 4.78 is 0. The highest BCUT2D eigenvalue weighted by atomic mass is 15.2. The highest BCUT2D eigenvalue weighted by Crippen LogP contribution is 2.36. The lowest BCUT2D eigenvalue weighted by molar-refractivity contribution is 0.176. The van der Waals surface area contributed by atoms with Gasteiger partial charge in [0.25, 0.3) is 0 Å². The van der Waals surface area contributed by atoms with E-state index in [0.717, 1.165) is 12.0 Å². The Labute approximate surface area is 107 Å². The van der Waals surface area contributed by atoms with E-state index in [9.17, 15) is 0 Å². The molecule has 0 spiro atoms. The van der Waals surface area contributed by atoms with Crippen molar-refractivity contribution >= 4 is 0 Å². The molecule has 17 heavy (non-hydrogen) atoms. The van der Waals surface area contributed by atoms with Gasteiger partial charge in [-0.05, 0) is 64.6 Å². The van der Waals surface area contributed by atoms with Crippen molar-refractivity contribution in [2.45, 2.75) is 70.9 Å². The molecule has 1 saturated carbocycles. The summed E-state index contributed by atoms with van der Waals surface area (Å²) in [7, 11) is 0. The summed E-state index contributed by atoms with van der Waals surface area (Å²) in [5, 5.41) is 3.60. The molecule has 3 atom stereocenters. The Hall–Kier alpha value is -0.0800. The van der Waals surface area contributed by atoms with Gasteiger partial charge in [0.05, 0.1) is 0 Å². The molecule has 0 aromatic carbocycles. The minimum atomic E-state index is 0.692. The van der Waals surface area contributed by atoms with Crippen molar-refractivity contribution in [2.24, 2.45) is 5.92 Å². The van der Waals surface area contributed by atoms with Crippen LogP contribution in [0.15, 0.2) is 0 Å². The maximum atomic E-state index is 3.60. The number of nitrogens with one attached hydrogen (secondary N) is 1. The highest BCUT2D eigenvalue weighted by molar-refractivity contribution is 4.89. The Kier molecular flexibility index (Phi) is 5.30. The van der Waals surface area contributed by atoms with Gasteiger partial charge in [-0.1, -0.05) is 19.8 Å². The van der Waals surface area contributed by atoms with Crippen LogP contribution in [-0.4, -0.2) is 36.6 Å². The molecule has 1 saturated heterocycles. The minimum Gasteiger partial charge on any atom is -0.314 e. The third-order valence-corrected chi connectivity index (χ3v) is 4.72. The molecule has 3 unspecified atom stereocenters.